The Morgan fingerprint density at radius 2 is 1.76 bits per heavy atom. The summed E-state index contributed by atoms with van der Waals surface area (Å²) in [7, 11) is -2.74. The number of methoxy groups -OCH3 is 1. The van der Waals surface area contributed by atoms with Crippen molar-refractivity contribution in [1.82, 2.24) is 0 Å². The highest BCUT2D eigenvalue weighted by atomic mass is 32.2. The third-order valence-corrected chi connectivity index (χ3v) is 5.11. The van der Waals surface area contributed by atoms with Crippen LogP contribution >= 0.6 is 0 Å². The second-order valence-electron chi connectivity index (χ2n) is 4.94. The Labute approximate surface area is 145 Å². The summed E-state index contributed by atoms with van der Waals surface area (Å²) in [6, 6.07) is 10.7. The fraction of sp³-hybridized carbons (Fsp3) is 0.235. The van der Waals surface area contributed by atoms with E-state index in [1.54, 1.807) is 25.1 Å². The maximum absolute atomic E-state index is 13.1. The van der Waals surface area contributed by atoms with Gasteiger partial charge in [0.1, 0.15) is 18.1 Å². The third kappa shape index (κ3) is 4.27. The second kappa shape index (κ2) is 7.98. The van der Waals surface area contributed by atoms with Crippen LogP contribution in [0.3, 0.4) is 0 Å². The highest BCUT2D eigenvalue weighted by Gasteiger charge is 2.29. The van der Waals surface area contributed by atoms with E-state index >= 15 is 0 Å². The second-order valence-corrected chi connectivity index (χ2v) is 6.80. The van der Waals surface area contributed by atoms with Crippen LogP contribution in [0.25, 0.3) is 0 Å². The molecule has 0 bridgehead atoms. The van der Waals surface area contributed by atoms with E-state index in [4.69, 9.17) is 9.47 Å². The van der Waals surface area contributed by atoms with Crippen LogP contribution in [0.15, 0.2) is 53.4 Å². The van der Waals surface area contributed by atoms with Crippen molar-refractivity contribution >= 4 is 21.7 Å². The molecule has 0 aliphatic carbocycles. The molecule has 0 heterocycles. The summed E-state index contributed by atoms with van der Waals surface area (Å²) in [4.78, 5) is 11.8. The molecule has 0 amide bonds. The number of esters is 1. The number of hydrogen-bond donors (Lipinski definition) is 0. The van der Waals surface area contributed by atoms with Crippen LogP contribution in [0.1, 0.15) is 6.92 Å². The number of ether oxygens (including phenoxy) is 2. The van der Waals surface area contributed by atoms with Gasteiger partial charge in [-0.25, -0.2) is 12.8 Å². The number of rotatable bonds is 7. The molecule has 8 heteroatoms. The summed E-state index contributed by atoms with van der Waals surface area (Å²) in [5.41, 5.74) is 0.183. The number of benzene rings is 2. The number of anilines is 1. The molecule has 134 valence electrons. The van der Waals surface area contributed by atoms with Crippen LogP contribution in [0.5, 0.6) is 5.75 Å². The zero-order valence-electron chi connectivity index (χ0n) is 13.8. The van der Waals surface area contributed by atoms with Crippen LogP contribution in [0, 0.1) is 5.82 Å². The number of carbonyl (C=O) groups excluding carboxylic acids is 1. The van der Waals surface area contributed by atoms with Crippen LogP contribution in [-0.2, 0) is 19.6 Å². The lowest BCUT2D eigenvalue weighted by Gasteiger charge is -2.25. The molecule has 2 rings (SSSR count). The summed E-state index contributed by atoms with van der Waals surface area (Å²) in [5, 5.41) is 0. The van der Waals surface area contributed by atoms with Crippen LogP contribution in [0.2, 0.25) is 0 Å². The number of carbonyl (C=O) groups is 1. The molecular formula is C17H18FNO5S. The Bertz CT molecular complexity index is 836. The number of para-hydroxylation sites is 2. The quantitative estimate of drug-likeness (QED) is 0.704. The predicted molar refractivity (Wildman–Crippen MR) is 90.6 cm³/mol. The lowest BCUT2D eigenvalue weighted by atomic mass is 10.3. The maximum atomic E-state index is 13.1. The average Bonchev–Trinajstić information content (AvgIpc) is 2.60. The van der Waals surface area contributed by atoms with Gasteiger partial charge in [0.25, 0.3) is 10.0 Å². The molecule has 0 aliphatic heterocycles. The molecule has 6 nitrogen and oxygen atoms in total. The fourth-order valence-corrected chi connectivity index (χ4v) is 3.61. The van der Waals surface area contributed by atoms with E-state index in [2.05, 4.69) is 0 Å². The molecule has 0 unspecified atom stereocenters. The Morgan fingerprint density at radius 1 is 1.12 bits per heavy atom. The molecule has 0 fully saturated rings. The van der Waals surface area contributed by atoms with Crippen molar-refractivity contribution in [3.05, 3.63) is 54.3 Å². The van der Waals surface area contributed by atoms with E-state index in [0.29, 0.717) is 0 Å². The van der Waals surface area contributed by atoms with Crippen LogP contribution in [0.4, 0.5) is 10.1 Å². The van der Waals surface area contributed by atoms with E-state index in [1.165, 1.54) is 13.2 Å². The molecule has 25 heavy (non-hydrogen) atoms. The third-order valence-electron chi connectivity index (χ3n) is 3.33. The van der Waals surface area contributed by atoms with Gasteiger partial charge in [-0.1, -0.05) is 12.1 Å². The van der Waals surface area contributed by atoms with Crippen molar-refractivity contribution in [2.45, 2.75) is 11.8 Å². The van der Waals surface area contributed by atoms with Gasteiger partial charge < -0.3 is 9.47 Å². The van der Waals surface area contributed by atoms with E-state index in [9.17, 15) is 17.6 Å². The van der Waals surface area contributed by atoms with Crippen LogP contribution < -0.4 is 9.04 Å². The summed E-state index contributed by atoms with van der Waals surface area (Å²) in [6.45, 7) is 1.21. The number of hydrogen-bond acceptors (Lipinski definition) is 5. The lowest BCUT2D eigenvalue weighted by molar-refractivity contribution is -0.141. The highest BCUT2D eigenvalue weighted by molar-refractivity contribution is 7.92. The molecule has 0 N–H and O–H groups in total. The minimum Gasteiger partial charge on any atom is -0.495 e. The first-order valence-electron chi connectivity index (χ1n) is 7.47. The zero-order valence-corrected chi connectivity index (χ0v) is 14.6. The zero-order chi connectivity index (χ0) is 18.4. The van der Waals surface area contributed by atoms with Gasteiger partial charge in [0.15, 0.2) is 0 Å². The molecule has 0 radical (unpaired) electrons. The first kappa shape index (κ1) is 18.7. The van der Waals surface area contributed by atoms with Gasteiger partial charge in [0.2, 0.25) is 0 Å². The van der Waals surface area contributed by atoms with Crippen molar-refractivity contribution in [2.24, 2.45) is 0 Å². The topological polar surface area (TPSA) is 72.9 Å². The monoisotopic (exact) mass is 367 g/mol. The summed E-state index contributed by atoms with van der Waals surface area (Å²) < 4.78 is 50.1. The molecular weight excluding hydrogens is 349 g/mol. The van der Waals surface area contributed by atoms with Crippen molar-refractivity contribution in [1.29, 1.82) is 0 Å². The van der Waals surface area contributed by atoms with Gasteiger partial charge in [-0.3, -0.25) is 9.10 Å². The van der Waals surface area contributed by atoms with Gasteiger partial charge in [-0.15, -0.1) is 0 Å². The molecule has 0 spiro atoms. The van der Waals surface area contributed by atoms with E-state index < -0.39 is 28.4 Å². The molecule has 0 aliphatic rings. The average molecular weight is 367 g/mol. The SMILES string of the molecule is CCOC(=O)CN(c1ccccc1OC)S(=O)(=O)c1ccc(F)cc1. The van der Waals surface area contributed by atoms with E-state index in [0.717, 1.165) is 28.6 Å². The summed E-state index contributed by atoms with van der Waals surface area (Å²) in [5.74, 6) is -0.996. The standard InChI is InChI=1S/C17H18FNO5S/c1-3-24-17(20)12-19(15-6-4-5-7-16(15)23-2)25(21,22)14-10-8-13(18)9-11-14/h4-11H,3,12H2,1-2H3. The first-order chi connectivity index (χ1) is 11.9. The highest BCUT2D eigenvalue weighted by Crippen LogP contribution is 2.32. The van der Waals surface area contributed by atoms with Gasteiger partial charge in [-0.2, -0.15) is 0 Å². The Balaban J connectivity index is 2.54. The lowest BCUT2D eigenvalue weighted by Crippen LogP contribution is -2.36. The largest absolute Gasteiger partial charge is 0.495 e. The van der Waals surface area contributed by atoms with Crippen LogP contribution in [-0.4, -0.2) is 34.6 Å². The Kier molecular flexibility index (Phi) is 5.97. The van der Waals surface area contributed by atoms with Crippen molar-refractivity contribution < 1.29 is 27.1 Å². The smallest absolute Gasteiger partial charge is 0.326 e. The number of nitrogens with zero attached hydrogens (tertiary/aromatic N) is 1. The predicted octanol–water partition coefficient (Wildman–Crippen LogP) is 2.59. The van der Waals surface area contributed by atoms with Crippen molar-refractivity contribution in [3.8, 4) is 5.75 Å². The maximum Gasteiger partial charge on any atom is 0.326 e. The molecule has 0 atom stereocenters. The van der Waals surface area contributed by atoms with E-state index in [-0.39, 0.29) is 22.9 Å². The Morgan fingerprint density at radius 3 is 2.36 bits per heavy atom. The van der Waals surface area contributed by atoms with Gasteiger partial charge in [0.05, 0.1) is 24.3 Å². The number of halogens is 1. The van der Waals surface area contributed by atoms with Crippen molar-refractivity contribution in [2.75, 3.05) is 24.6 Å². The van der Waals surface area contributed by atoms with Gasteiger partial charge >= 0.3 is 5.97 Å². The Hall–Kier alpha value is -2.61. The van der Waals surface area contributed by atoms with Gasteiger partial charge in [0, 0.05) is 0 Å². The number of sulfonamides is 1. The molecule has 2 aromatic carbocycles. The molecule has 0 aromatic heterocycles. The summed E-state index contributed by atoms with van der Waals surface area (Å²) in [6.07, 6.45) is 0. The summed E-state index contributed by atoms with van der Waals surface area (Å²) >= 11 is 0. The minimum atomic E-state index is -4.13. The fourth-order valence-electron chi connectivity index (χ4n) is 2.19. The molecule has 0 saturated heterocycles. The molecule has 0 saturated carbocycles. The normalized spacial score (nSPS) is 11.0. The molecule has 2 aromatic rings. The van der Waals surface area contributed by atoms with Gasteiger partial charge in [-0.05, 0) is 43.3 Å². The minimum absolute atomic E-state index is 0.120. The van der Waals surface area contributed by atoms with Crippen molar-refractivity contribution in [3.63, 3.8) is 0 Å². The van der Waals surface area contributed by atoms with E-state index in [1.807, 2.05) is 0 Å². The first-order valence-corrected chi connectivity index (χ1v) is 8.91.